The zero-order valence-corrected chi connectivity index (χ0v) is 11.3. The molecule has 2 nitrogen and oxygen atoms in total. The first-order valence-corrected chi connectivity index (χ1v) is 6.50. The number of hydrogen-bond acceptors (Lipinski definition) is 2. The van der Waals surface area contributed by atoms with Crippen LogP contribution in [0.2, 0.25) is 0 Å². The molecule has 0 heterocycles. The van der Waals surface area contributed by atoms with Crippen LogP contribution in [0.25, 0.3) is 0 Å². The van der Waals surface area contributed by atoms with E-state index in [1.807, 2.05) is 0 Å². The number of halogens is 1. The van der Waals surface area contributed by atoms with Crippen molar-refractivity contribution in [3.63, 3.8) is 0 Å². The van der Waals surface area contributed by atoms with Crippen molar-refractivity contribution in [1.82, 2.24) is 0 Å². The molecule has 0 saturated carbocycles. The largest absolute Gasteiger partial charge is 0.495 e. The molecule has 88 valence electrons. The minimum atomic E-state index is -0.488. The smallest absolute Gasteiger partial charge is 0.139 e. The summed E-state index contributed by atoms with van der Waals surface area (Å²) in [7, 11) is 1.65. The van der Waals surface area contributed by atoms with Crippen LogP contribution in [0.1, 0.15) is 42.6 Å². The standard InChI is InChI=1S/C13H17BrO2/c1-8(15)11-7-9-5-3-4-6-10(9)12(14)13(11)16-2/h7-8,15H,3-6H2,1-2H3. The molecule has 0 saturated heterocycles. The Hall–Kier alpha value is -0.540. The first kappa shape index (κ1) is 11.9. The average molecular weight is 285 g/mol. The quantitative estimate of drug-likeness (QED) is 0.902. The first-order chi connectivity index (χ1) is 7.65. The Balaban J connectivity index is 2.59. The topological polar surface area (TPSA) is 29.5 Å². The van der Waals surface area contributed by atoms with Crippen LogP contribution in [0.3, 0.4) is 0 Å². The van der Waals surface area contributed by atoms with E-state index in [1.54, 1.807) is 14.0 Å². The normalized spacial score (nSPS) is 16.8. The lowest BCUT2D eigenvalue weighted by molar-refractivity contribution is 0.194. The van der Waals surface area contributed by atoms with E-state index in [9.17, 15) is 5.11 Å². The molecule has 0 amide bonds. The summed E-state index contributed by atoms with van der Waals surface area (Å²) in [5.74, 6) is 0.788. The maximum absolute atomic E-state index is 9.76. The van der Waals surface area contributed by atoms with Crippen molar-refractivity contribution in [2.45, 2.75) is 38.7 Å². The third kappa shape index (κ3) is 1.98. The summed E-state index contributed by atoms with van der Waals surface area (Å²) in [6.07, 6.45) is 4.20. The van der Waals surface area contributed by atoms with Crippen LogP contribution in [0, 0.1) is 0 Å². The predicted molar refractivity (Wildman–Crippen MR) is 68.0 cm³/mol. The summed E-state index contributed by atoms with van der Waals surface area (Å²) < 4.78 is 6.43. The van der Waals surface area contributed by atoms with Crippen molar-refractivity contribution in [2.75, 3.05) is 7.11 Å². The number of hydrogen-bond donors (Lipinski definition) is 1. The average Bonchev–Trinajstić information content (AvgIpc) is 2.29. The molecular formula is C13H17BrO2. The maximum Gasteiger partial charge on any atom is 0.139 e. The molecule has 2 rings (SSSR count). The molecule has 1 aromatic rings. The van der Waals surface area contributed by atoms with Crippen LogP contribution in [-0.2, 0) is 12.8 Å². The van der Waals surface area contributed by atoms with E-state index in [4.69, 9.17) is 4.74 Å². The molecule has 0 spiro atoms. The van der Waals surface area contributed by atoms with Crippen LogP contribution in [0.15, 0.2) is 10.5 Å². The number of methoxy groups -OCH3 is 1. The van der Waals surface area contributed by atoms with Gasteiger partial charge in [0.1, 0.15) is 5.75 Å². The number of rotatable bonds is 2. The lowest BCUT2D eigenvalue weighted by Gasteiger charge is -2.22. The molecule has 0 radical (unpaired) electrons. The van der Waals surface area contributed by atoms with Crippen molar-refractivity contribution in [3.8, 4) is 5.75 Å². The monoisotopic (exact) mass is 284 g/mol. The molecule has 1 aromatic carbocycles. The molecule has 1 aliphatic rings. The van der Waals surface area contributed by atoms with E-state index in [0.717, 1.165) is 28.6 Å². The van der Waals surface area contributed by atoms with Crippen molar-refractivity contribution in [1.29, 1.82) is 0 Å². The van der Waals surface area contributed by atoms with Gasteiger partial charge in [-0.05, 0) is 65.7 Å². The number of aliphatic hydroxyl groups excluding tert-OH is 1. The predicted octanol–water partition coefficient (Wildman–Crippen LogP) is 3.39. The van der Waals surface area contributed by atoms with Gasteiger partial charge < -0.3 is 9.84 Å². The zero-order chi connectivity index (χ0) is 11.7. The molecule has 0 aliphatic heterocycles. The molecule has 1 atom stereocenters. The molecule has 1 unspecified atom stereocenters. The molecule has 1 N–H and O–H groups in total. The van der Waals surface area contributed by atoms with Gasteiger partial charge in [0.25, 0.3) is 0 Å². The lowest BCUT2D eigenvalue weighted by atomic mass is 9.89. The van der Waals surface area contributed by atoms with Crippen LogP contribution < -0.4 is 4.74 Å². The van der Waals surface area contributed by atoms with E-state index in [2.05, 4.69) is 22.0 Å². The van der Waals surface area contributed by atoms with E-state index in [0.29, 0.717) is 0 Å². The highest BCUT2D eigenvalue weighted by molar-refractivity contribution is 9.10. The van der Waals surface area contributed by atoms with Crippen LogP contribution in [-0.4, -0.2) is 12.2 Å². The Morgan fingerprint density at radius 2 is 2.06 bits per heavy atom. The fraction of sp³-hybridized carbons (Fsp3) is 0.538. The van der Waals surface area contributed by atoms with Crippen LogP contribution in [0.5, 0.6) is 5.75 Å². The summed E-state index contributed by atoms with van der Waals surface area (Å²) >= 11 is 3.61. The molecule has 3 heteroatoms. The number of aliphatic hydroxyl groups is 1. The Morgan fingerprint density at radius 1 is 1.38 bits per heavy atom. The summed E-state index contributed by atoms with van der Waals surface area (Å²) in [6.45, 7) is 1.78. The Labute approximate surface area is 105 Å². The second kappa shape index (κ2) is 4.76. The third-order valence-electron chi connectivity index (χ3n) is 3.22. The van der Waals surface area contributed by atoms with Gasteiger partial charge >= 0.3 is 0 Å². The van der Waals surface area contributed by atoms with Gasteiger partial charge in [-0.2, -0.15) is 0 Å². The molecule has 16 heavy (non-hydrogen) atoms. The number of aryl methyl sites for hydroxylation is 1. The summed E-state index contributed by atoms with van der Waals surface area (Å²) in [4.78, 5) is 0. The van der Waals surface area contributed by atoms with Gasteiger partial charge in [-0.25, -0.2) is 0 Å². The van der Waals surface area contributed by atoms with Gasteiger partial charge in [-0.1, -0.05) is 0 Å². The SMILES string of the molecule is COc1c(C(C)O)cc2c(c1Br)CCCC2. The second-order valence-corrected chi connectivity index (χ2v) is 5.13. The van der Waals surface area contributed by atoms with Crippen molar-refractivity contribution >= 4 is 15.9 Å². The second-order valence-electron chi connectivity index (χ2n) is 4.33. The molecule has 1 aliphatic carbocycles. The van der Waals surface area contributed by atoms with E-state index in [-0.39, 0.29) is 0 Å². The fourth-order valence-electron chi connectivity index (χ4n) is 2.37. The van der Waals surface area contributed by atoms with Gasteiger partial charge in [-0.15, -0.1) is 0 Å². The summed E-state index contributed by atoms with van der Waals surface area (Å²) in [5.41, 5.74) is 3.59. The lowest BCUT2D eigenvalue weighted by Crippen LogP contribution is -2.08. The molecule has 0 aromatic heterocycles. The molecular weight excluding hydrogens is 268 g/mol. The van der Waals surface area contributed by atoms with Crippen molar-refractivity contribution in [3.05, 3.63) is 27.2 Å². The number of benzene rings is 1. The van der Waals surface area contributed by atoms with E-state index in [1.165, 1.54) is 24.0 Å². The minimum absolute atomic E-state index is 0.488. The van der Waals surface area contributed by atoms with Gasteiger partial charge in [0.2, 0.25) is 0 Å². The van der Waals surface area contributed by atoms with Crippen molar-refractivity contribution in [2.24, 2.45) is 0 Å². The highest BCUT2D eigenvalue weighted by Crippen LogP contribution is 2.40. The minimum Gasteiger partial charge on any atom is -0.495 e. The van der Waals surface area contributed by atoms with Gasteiger partial charge in [-0.3, -0.25) is 0 Å². The molecule has 0 fully saturated rings. The number of ether oxygens (including phenoxy) is 1. The summed E-state index contributed by atoms with van der Waals surface area (Å²) in [5, 5.41) is 9.76. The maximum atomic E-state index is 9.76. The van der Waals surface area contributed by atoms with Gasteiger partial charge in [0.05, 0.1) is 17.7 Å². The van der Waals surface area contributed by atoms with Crippen LogP contribution in [0.4, 0.5) is 0 Å². The van der Waals surface area contributed by atoms with Gasteiger partial charge in [0.15, 0.2) is 0 Å². The highest BCUT2D eigenvalue weighted by Gasteiger charge is 2.21. The first-order valence-electron chi connectivity index (χ1n) is 5.71. The summed E-state index contributed by atoms with van der Waals surface area (Å²) in [6, 6.07) is 2.10. The van der Waals surface area contributed by atoms with E-state index >= 15 is 0 Å². The van der Waals surface area contributed by atoms with Crippen molar-refractivity contribution < 1.29 is 9.84 Å². The molecule has 0 bridgehead atoms. The van der Waals surface area contributed by atoms with Crippen LogP contribution >= 0.6 is 15.9 Å². The zero-order valence-electron chi connectivity index (χ0n) is 9.72. The Kier molecular flexibility index (Phi) is 3.55. The highest BCUT2D eigenvalue weighted by atomic mass is 79.9. The third-order valence-corrected chi connectivity index (χ3v) is 4.06. The Morgan fingerprint density at radius 3 is 2.69 bits per heavy atom. The number of fused-ring (bicyclic) bond motifs is 1. The van der Waals surface area contributed by atoms with E-state index < -0.39 is 6.10 Å². The fourth-order valence-corrected chi connectivity index (χ4v) is 3.22. The Bertz CT molecular complexity index is 399. The van der Waals surface area contributed by atoms with Gasteiger partial charge in [0, 0.05) is 5.56 Å².